The number of likely N-dealkylation sites (tertiary alicyclic amines) is 1. The Morgan fingerprint density at radius 3 is 2.89 bits per heavy atom. The molecule has 1 unspecified atom stereocenters. The molecule has 2 aromatic heterocycles. The molecule has 28 heavy (non-hydrogen) atoms. The number of carbonyl (C=O) groups excluding carboxylic acids is 1. The van der Waals surface area contributed by atoms with Gasteiger partial charge in [-0.25, -0.2) is 4.79 Å². The molecular formula is C21H22N4O3. The predicted octanol–water partition coefficient (Wildman–Crippen LogP) is 3.30. The van der Waals surface area contributed by atoms with Gasteiger partial charge in [-0.05, 0) is 55.1 Å². The number of rotatable bonds is 5. The summed E-state index contributed by atoms with van der Waals surface area (Å²) in [6.45, 7) is 2.55. The van der Waals surface area contributed by atoms with E-state index >= 15 is 0 Å². The van der Waals surface area contributed by atoms with E-state index < -0.39 is 0 Å². The first kappa shape index (κ1) is 18.3. The fourth-order valence-corrected chi connectivity index (χ4v) is 3.60. The van der Waals surface area contributed by atoms with Crippen molar-refractivity contribution < 1.29 is 14.1 Å². The van der Waals surface area contributed by atoms with E-state index in [2.05, 4.69) is 20.0 Å². The SMILES string of the molecule is COC(=O)c1ccc(C2CCCN(Cc3nc(-c4cccnc4)no3)C2)cc1. The molecule has 0 spiro atoms. The molecule has 0 amide bonds. The van der Waals surface area contributed by atoms with Gasteiger partial charge in [0.2, 0.25) is 11.7 Å². The molecule has 7 heteroatoms. The van der Waals surface area contributed by atoms with Gasteiger partial charge in [-0.1, -0.05) is 17.3 Å². The van der Waals surface area contributed by atoms with Gasteiger partial charge in [0.15, 0.2) is 0 Å². The molecule has 4 rings (SSSR count). The maximum Gasteiger partial charge on any atom is 0.337 e. The van der Waals surface area contributed by atoms with Gasteiger partial charge < -0.3 is 9.26 Å². The molecule has 0 radical (unpaired) electrons. The molecule has 1 saturated heterocycles. The number of methoxy groups -OCH3 is 1. The van der Waals surface area contributed by atoms with E-state index in [0.717, 1.165) is 31.5 Å². The standard InChI is InChI=1S/C21H22N4O3/c1-27-21(26)16-8-6-15(7-9-16)18-5-3-11-25(13-18)14-19-23-20(24-28-19)17-4-2-10-22-12-17/h2,4,6-10,12,18H,3,5,11,13-14H2,1H3. The highest BCUT2D eigenvalue weighted by Gasteiger charge is 2.23. The second kappa shape index (κ2) is 8.31. The van der Waals surface area contributed by atoms with Crippen molar-refractivity contribution in [3.05, 3.63) is 65.8 Å². The minimum absolute atomic E-state index is 0.308. The monoisotopic (exact) mass is 378 g/mol. The summed E-state index contributed by atoms with van der Waals surface area (Å²) in [6, 6.07) is 11.5. The van der Waals surface area contributed by atoms with Gasteiger partial charge in [0.05, 0.1) is 19.2 Å². The highest BCUT2D eigenvalue weighted by atomic mass is 16.5. The van der Waals surface area contributed by atoms with E-state index in [0.29, 0.717) is 29.7 Å². The average molecular weight is 378 g/mol. The van der Waals surface area contributed by atoms with Crippen molar-refractivity contribution in [2.75, 3.05) is 20.2 Å². The van der Waals surface area contributed by atoms with E-state index in [1.807, 2.05) is 36.4 Å². The normalized spacial score (nSPS) is 17.4. The van der Waals surface area contributed by atoms with Gasteiger partial charge >= 0.3 is 5.97 Å². The van der Waals surface area contributed by atoms with Crippen LogP contribution in [0.4, 0.5) is 0 Å². The summed E-state index contributed by atoms with van der Waals surface area (Å²) in [5.74, 6) is 1.29. The zero-order chi connectivity index (χ0) is 19.3. The third-order valence-electron chi connectivity index (χ3n) is 5.06. The molecule has 0 saturated carbocycles. The molecule has 144 valence electrons. The number of piperidine rings is 1. The fourth-order valence-electron chi connectivity index (χ4n) is 3.60. The number of benzene rings is 1. The van der Waals surface area contributed by atoms with Crippen molar-refractivity contribution in [2.45, 2.75) is 25.3 Å². The topological polar surface area (TPSA) is 81.4 Å². The predicted molar refractivity (Wildman–Crippen MR) is 103 cm³/mol. The molecule has 0 N–H and O–H groups in total. The third-order valence-corrected chi connectivity index (χ3v) is 5.06. The molecule has 7 nitrogen and oxygen atoms in total. The van der Waals surface area contributed by atoms with Gasteiger partial charge in [-0.2, -0.15) is 4.98 Å². The quantitative estimate of drug-likeness (QED) is 0.630. The van der Waals surface area contributed by atoms with E-state index in [4.69, 9.17) is 9.26 Å². The summed E-state index contributed by atoms with van der Waals surface area (Å²) in [6.07, 6.45) is 5.67. The lowest BCUT2D eigenvalue weighted by Crippen LogP contribution is -2.34. The summed E-state index contributed by atoms with van der Waals surface area (Å²) in [5, 5.41) is 4.07. The van der Waals surface area contributed by atoms with Crippen molar-refractivity contribution in [2.24, 2.45) is 0 Å². The lowest BCUT2D eigenvalue weighted by Gasteiger charge is -2.32. The van der Waals surface area contributed by atoms with Crippen LogP contribution in [-0.4, -0.2) is 46.2 Å². The first-order valence-corrected chi connectivity index (χ1v) is 9.36. The Kier molecular flexibility index (Phi) is 5.43. The number of esters is 1. The number of aromatic nitrogens is 3. The van der Waals surface area contributed by atoms with Gasteiger partial charge in [-0.15, -0.1) is 0 Å². The maximum atomic E-state index is 11.6. The molecule has 1 aromatic carbocycles. The van der Waals surface area contributed by atoms with Crippen molar-refractivity contribution in [3.63, 3.8) is 0 Å². The summed E-state index contributed by atoms with van der Waals surface area (Å²) in [5.41, 5.74) is 2.66. The van der Waals surface area contributed by atoms with Crippen LogP contribution in [0.3, 0.4) is 0 Å². The van der Waals surface area contributed by atoms with Crippen LogP contribution in [0.25, 0.3) is 11.4 Å². The molecule has 3 aromatic rings. The molecule has 1 atom stereocenters. The van der Waals surface area contributed by atoms with Crippen LogP contribution in [-0.2, 0) is 11.3 Å². The smallest absolute Gasteiger partial charge is 0.337 e. The first-order chi connectivity index (χ1) is 13.7. The average Bonchev–Trinajstić information content (AvgIpc) is 3.22. The Labute approximate surface area is 163 Å². The van der Waals surface area contributed by atoms with E-state index in [1.54, 1.807) is 12.4 Å². The molecule has 1 aliphatic heterocycles. The van der Waals surface area contributed by atoms with Crippen LogP contribution >= 0.6 is 0 Å². The second-order valence-electron chi connectivity index (χ2n) is 6.94. The van der Waals surface area contributed by atoms with Crippen molar-refractivity contribution in [3.8, 4) is 11.4 Å². The number of hydrogen-bond acceptors (Lipinski definition) is 7. The van der Waals surface area contributed by atoms with Gasteiger partial charge in [0, 0.05) is 24.5 Å². The summed E-state index contributed by atoms with van der Waals surface area (Å²) in [4.78, 5) is 22.5. The van der Waals surface area contributed by atoms with Crippen molar-refractivity contribution in [1.29, 1.82) is 0 Å². The summed E-state index contributed by atoms with van der Waals surface area (Å²) >= 11 is 0. The molecule has 0 bridgehead atoms. The van der Waals surface area contributed by atoms with Crippen molar-refractivity contribution in [1.82, 2.24) is 20.0 Å². The minimum Gasteiger partial charge on any atom is -0.465 e. The van der Waals surface area contributed by atoms with Gasteiger partial charge in [0.25, 0.3) is 0 Å². The Balaban J connectivity index is 1.40. The Morgan fingerprint density at radius 1 is 1.29 bits per heavy atom. The zero-order valence-corrected chi connectivity index (χ0v) is 15.7. The van der Waals surface area contributed by atoms with Crippen LogP contribution < -0.4 is 0 Å². The van der Waals surface area contributed by atoms with E-state index in [-0.39, 0.29) is 5.97 Å². The number of nitrogens with zero attached hydrogens (tertiary/aromatic N) is 4. The molecule has 3 heterocycles. The second-order valence-corrected chi connectivity index (χ2v) is 6.94. The van der Waals surface area contributed by atoms with Crippen LogP contribution in [0, 0.1) is 0 Å². The largest absolute Gasteiger partial charge is 0.465 e. The lowest BCUT2D eigenvalue weighted by molar-refractivity contribution is 0.0600. The zero-order valence-electron chi connectivity index (χ0n) is 15.7. The summed E-state index contributed by atoms with van der Waals surface area (Å²) < 4.78 is 10.2. The Bertz CT molecular complexity index is 924. The molecule has 0 aliphatic carbocycles. The van der Waals surface area contributed by atoms with Gasteiger partial charge in [-0.3, -0.25) is 9.88 Å². The van der Waals surface area contributed by atoms with E-state index in [1.165, 1.54) is 12.7 Å². The molecule has 1 fully saturated rings. The number of pyridine rings is 1. The Hall–Kier alpha value is -3.06. The lowest BCUT2D eigenvalue weighted by atomic mass is 9.90. The summed E-state index contributed by atoms with van der Waals surface area (Å²) in [7, 11) is 1.40. The molecule has 1 aliphatic rings. The minimum atomic E-state index is -0.308. The van der Waals surface area contributed by atoms with Crippen LogP contribution in [0.5, 0.6) is 0 Å². The van der Waals surface area contributed by atoms with Crippen LogP contribution in [0.1, 0.15) is 40.6 Å². The number of hydrogen-bond donors (Lipinski definition) is 0. The van der Waals surface area contributed by atoms with Crippen molar-refractivity contribution >= 4 is 5.97 Å². The fraction of sp³-hybridized carbons (Fsp3) is 0.333. The first-order valence-electron chi connectivity index (χ1n) is 9.36. The van der Waals surface area contributed by atoms with E-state index in [9.17, 15) is 4.79 Å². The molecular weight excluding hydrogens is 356 g/mol. The Morgan fingerprint density at radius 2 is 2.14 bits per heavy atom. The highest BCUT2D eigenvalue weighted by molar-refractivity contribution is 5.89. The third kappa shape index (κ3) is 4.09. The van der Waals surface area contributed by atoms with Crippen LogP contribution in [0.15, 0.2) is 53.3 Å². The van der Waals surface area contributed by atoms with Crippen LogP contribution in [0.2, 0.25) is 0 Å². The van der Waals surface area contributed by atoms with Gasteiger partial charge in [0.1, 0.15) is 0 Å². The number of carbonyl (C=O) groups is 1. The number of ether oxygens (including phenoxy) is 1. The highest BCUT2D eigenvalue weighted by Crippen LogP contribution is 2.28. The maximum absolute atomic E-state index is 11.6.